The van der Waals surface area contributed by atoms with Crippen molar-refractivity contribution in [1.29, 1.82) is 0 Å². The van der Waals surface area contributed by atoms with Crippen LogP contribution in [0.5, 0.6) is 5.75 Å². The maximum Gasteiger partial charge on any atom is 0.209 e. The summed E-state index contributed by atoms with van der Waals surface area (Å²) in [6, 6.07) is 21.3. The normalized spacial score (nSPS) is 11.8. The van der Waals surface area contributed by atoms with E-state index >= 15 is 0 Å². The van der Waals surface area contributed by atoms with Crippen LogP contribution in [0.15, 0.2) is 83.9 Å². The highest BCUT2D eigenvalue weighted by Gasteiger charge is 2.16. The quantitative estimate of drug-likeness (QED) is 0.379. The third kappa shape index (κ3) is 4.82. The molecule has 4 aromatic rings. The summed E-state index contributed by atoms with van der Waals surface area (Å²) in [5.74, 6) is 0.866. The monoisotopic (exact) mass is 443 g/mol. The zero-order chi connectivity index (χ0) is 23.2. The van der Waals surface area contributed by atoms with Gasteiger partial charge < -0.3 is 9.64 Å². The topological polar surface area (TPSA) is 65.2 Å². The van der Waals surface area contributed by atoms with Crippen LogP contribution >= 0.6 is 0 Å². The Morgan fingerprint density at radius 2 is 1.79 bits per heavy atom. The molecule has 0 bridgehead atoms. The molecule has 1 unspecified atom stereocenters. The summed E-state index contributed by atoms with van der Waals surface area (Å²) in [6.45, 7) is 5.96. The average molecular weight is 444 g/mol. The number of ether oxygens (including phenoxy) is 1. The van der Waals surface area contributed by atoms with Crippen molar-refractivity contribution >= 4 is 5.69 Å². The van der Waals surface area contributed by atoms with Crippen LogP contribution in [0.4, 0.5) is 5.69 Å². The lowest BCUT2D eigenvalue weighted by molar-refractivity contribution is 0.412. The molecule has 0 saturated heterocycles. The summed E-state index contributed by atoms with van der Waals surface area (Å²) in [5.41, 5.74) is 2.91. The third-order valence-corrected chi connectivity index (χ3v) is 5.79. The molecule has 0 radical (unpaired) electrons. The van der Waals surface area contributed by atoms with Crippen LogP contribution in [-0.4, -0.2) is 39.8 Å². The zero-order valence-corrected chi connectivity index (χ0v) is 19.3. The lowest BCUT2D eigenvalue weighted by Gasteiger charge is -2.26. The molecule has 33 heavy (non-hydrogen) atoms. The summed E-state index contributed by atoms with van der Waals surface area (Å²) < 4.78 is 9.15. The van der Waals surface area contributed by atoms with Crippen molar-refractivity contribution in [2.75, 3.05) is 25.1 Å². The van der Waals surface area contributed by atoms with Crippen LogP contribution in [0.1, 0.15) is 26.3 Å². The van der Waals surface area contributed by atoms with E-state index in [0.29, 0.717) is 11.4 Å². The Balaban J connectivity index is 1.56. The van der Waals surface area contributed by atoms with Gasteiger partial charge in [-0.05, 0) is 50.6 Å². The zero-order valence-electron chi connectivity index (χ0n) is 19.3. The fourth-order valence-electron chi connectivity index (χ4n) is 3.92. The molecule has 0 saturated carbocycles. The van der Waals surface area contributed by atoms with E-state index < -0.39 is 0 Å². The van der Waals surface area contributed by atoms with Crippen molar-refractivity contribution in [2.24, 2.45) is 0 Å². The van der Waals surface area contributed by atoms with E-state index in [0.717, 1.165) is 36.6 Å². The summed E-state index contributed by atoms with van der Waals surface area (Å²) in [4.78, 5) is 15.0. The molecule has 170 valence electrons. The largest absolute Gasteiger partial charge is 0.495 e. The van der Waals surface area contributed by atoms with Gasteiger partial charge in [0.25, 0.3) is 0 Å². The minimum Gasteiger partial charge on any atom is -0.495 e. The average Bonchev–Trinajstić information content (AvgIpc) is 3.35. The fourth-order valence-corrected chi connectivity index (χ4v) is 3.92. The second kappa shape index (κ2) is 10.2. The molecular weight excluding hydrogens is 414 g/mol. The molecule has 7 nitrogen and oxygen atoms in total. The number of hydrogen-bond donors (Lipinski definition) is 0. The van der Waals surface area contributed by atoms with Crippen LogP contribution in [-0.2, 0) is 0 Å². The van der Waals surface area contributed by atoms with E-state index in [4.69, 9.17) is 9.84 Å². The van der Waals surface area contributed by atoms with E-state index in [1.165, 1.54) is 0 Å². The Morgan fingerprint density at radius 3 is 2.55 bits per heavy atom. The van der Waals surface area contributed by atoms with Crippen molar-refractivity contribution in [2.45, 2.75) is 26.3 Å². The Morgan fingerprint density at radius 1 is 1.03 bits per heavy atom. The fraction of sp³-hybridized carbons (Fsp3) is 0.269. The second-order valence-corrected chi connectivity index (χ2v) is 7.86. The van der Waals surface area contributed by atoms with Crippen LogP contribution < -0.4 is 15.1 Å². The number of methoxy groups -OCH3 is 1. The molecule has 0 aliphatic heterocycles. The molecular formula is C26H29N5O2. The first-order valence-corrected chi connectivity index (χ1v) is 11.2. The van der Waals surface area contributed by atoms with Gasteiger partial charge in [-0.15, -0.1) is 0 Å². The number of anilines is 1. The highest BCUT2D eigenvalue weighted by Crippen LogP contribution is 2.28. The predicted octanol–water partition coefficient (Wildman–Crippen LogP) is 4.58. The Labute approximate surface area is 193 Å². The smallest absolute Gasteiger partial charge is 0.209 e. The number of hydrogen-bond acceptors (Lipinski definition) is 5. The van der Waals surface area contributed by atoms with Crippen LogP contribution in [0.3, 0.4) is 0 Å². The summed E-state index contributed by atoms with van der Waals surface area (Å²) in [5, 5.41) is 9.12. The maximum absolute atomic E-state index is 12.7. The van der Waals surface area contributed by atoms with E-state index in [9.17, 15) is 4.79 Å². The van der Waals surface area contributed by atoms with Crippen molar-refractivity contribution in [3.63, 3.8) is 0 Å². The molecule has 0 aliphatic carbocycles. The van der Waals surface area contributed by atoms with Crippen molar-refractivity contribution < 1.29 is 4.74 Å². The molecule has 2 aromatic carbocycles. The Kier molecular flexibility index (Phi) is 6.88. The Hall–Kier alpha value is -3.87. The maximum atomic E-state index is 12.7. The Bertz CT molecular complexity index is 1250. The lowest BCUT2D eigenvalue weighted by Crippen LogP contribution is -2.27. The first-order chi connectivity index (χ1) is 16.1. The minimum absolute atomic E-state index is 0.0983. The van der Waals surface area contributed by atoms with E-state index in [1.54, 1.807) is 30.3 Å². The van der Waals surface area contributed by atoms with Crippen LogP contribution in [0.25, 0.3) is 17.1 Å². The summed E-state index contributed by atoms with van der Waals surface area (Å²) >= 11 is 0. The van der Waals surface area contributed by atoms with E-state index in [1.807, 2.05) is 59.3 Å². The first-order valence-electron chi connectivity index (χ1n) is 11.2. The number of nitrogens with zero attached hydrogens (tertiary/aromatic N) is 5. The van der Waals surface area contributed by atoms with Crippen molar-refractivity contribution in [3.8, 4) is 22.8 Å². The molecule has 0 aliphatic rings. The van der Waals surface area contributed by atoms with Crippen molar-refractivity contribution in [1.82, 2.24) is 19.6 Å². The van der Waals surface area contributed by atoms with E-state index in [-0.39, 0.29) is 11.5 Å². The molecule has 0 fully saturated rings. The number of para-hydroxylation sites is 3. The van der Waals surface area contributed by atoms with Crippen LogP contribution in [0, 0.1) is 0 Å². The van der Waals surface area contributed by atoms with Gasteiger partial charge in [-0.2, -0.15) is 10.2 Å². The molecule has 2 heterocycles. The standard InChI is InChI=1S/C26H29N5O2/c1-4-29(22-12-8-9-13-25(22)33-3)18-15-20(2)30-19-16-24(32)26(28-30)23-14-17-27-31(23)21-10-6-5-7-11-21/h5-14,16-17,19-20H,4,15,18H2,1-3H3. The molecule has 7 heteroatoms. The number of rotatable bonds is 9. The van der Waals surface area contributed by atoms with E-state index in [2.05, 4.69) is 29.9 Å². The molecule has 0 spiro atoms. The highest BCUT2D eigenvalue weighted by atomic mass is 16.5. The number of benzene rings is 2. The van der Waals surface area contributed by atoms with Gasteiger partial charge in [0.15, 0.2) is 5.69 Å². The second-order valence-electron chi connectivity index (χ2n) is 7.86. The highest BCUT2D eigenvalue weighted by molar-refractivity contribution is 5.58. The molecule has 1 atom stereocenters. The first kappa shape index (κ1) is 22.3. The molecule has 0 amide bonds. The van der Waals surface area contributed by atoms with Gasteiger partial charge in [-0.1, -0.05) is 30.3 Å². The third-order valence-electron chi connectivity index (χ3n) is 5.79. The van der Waals surface area contributed by atoms with Gasteiger partial charge in [0.2, 0.25) is 5.43 Å². The molecule has 4 rings (SSSR count). The predicted molar refractivity (Wildman–Crippen MR) is 131 cm³/mol. The SMILES string of the molecule is CCN(CCC(C)n1ccc(=O)c(-c2ccnn2-c2ccccc2)n1)c1ccccc1OC. The van der Waals surface area contributed by atoms with Crippen molar-refractivity contribution in [3.05, 3.63) is 89.3 Å². The number of aromatic nitrogens is 4. The van der Waals surface area contributed by atoms with Gasteiger partial charge >= 0.3 is 0 Å². The van der Waals surface area contributed by atoms with Gasteiger partial charge in [-0.3, -0.25) is 9.48 Å². The van der Waals surface area contributed by atoms with Gasteiger partial charge in [0, 0.05) is 25.4 Å². The van der Waals surface area contributed by atoms with Crippen LogP contribution in [0.2, 0.25) is 0 Å². The van der Waals surface area contributed by atoms with Gasteiger partial charge in [0.05, 0.1) is 36.4 Å². The van der Waals surface area contributed by atoms with Gasteiger partial charge in [-0.25, -0.2) is 4.68 Å². The van der Waals surface area contributed by atoms with Gasteiger partial charge in [0.1, 0.15) is 5.75 Å². The summed E-state index contributed by atoms with van der Waals surface area (Å²) in [7, 11) is 1.70. The molecule has 0 N–H and O–H groups in total. The minimum atomic E-state index is -0.125. The summed E-state index contributed by atoms with van der Waals surface area (Å²) in [6.07, 6.45) is 4.31. The lowest BCUT2D eigenvalue weighted by atomic mass is 10.2. The molecule has 2 aromatic heterocycles.